The van der Waals surface area contributed by atoms with Gasteiger partial charge in [0.25, 0.3) is 0 Å². The zero-order valence-electron chi connectivity index (χ0n) is 14.7. The van der Waals surface area contributed by atoms with Crippen molar-refractivity contribution in [1.82, 2.24) is 5.32 Å². The van der Waals surface area contributed by atoms with Crippen molar-refractivity contribution in [3.05, 3.63) is 65.5 Å². The first-order valence-electron chi connectivity index (χ1n) is 8.18. The molecule has 0 bridgehead atoms. The molecule has 2 N–H and O–H groups in total. The number of nitrogens with zero attached hydrogens (tertiary/aromatic N) is 1. The Morgan fingerprint density at radius 1 is 1.12 bits per heavy atom. The number of nitrogens with one attached hydrogen (secondary N) is 2. The molecule has 0 fully saturated rings. The van der Waals surface area contributed by atoms with Crippen molar-refractivity contribution in [3.8, 4) is 6.07 Å². The Labute approximate surface area is 151 Å². The lowest BCUT2D eigenvalue weighted by Crippen LogP contribution is -2.45. The van der Waals surface area contributed by atoms with Gasteiger partial charge < -0.3 is 10.6 Å². The van der Waals surface area contributed by atoms with Crippen LogP contribution >= 0.6 is 0 Å². The summed E-state index contributed by atoms with van der Waals surface area (Å²) in [7, 11) is 0. The van der Waals surface area contributed by atoms with Gasteiger partial charge in [0.15, 0.2) is 0 Å². The average molecular weight is 353 g/mol. The highest BCUT2D eigenvalue weighted by atomic mass is 19.1. The van der Waals surface area contributed by atoms with Crippen LogP contribution in [0.1, 0.15) is 25.0 Å². The number of hydrogen-bond acceptors (Lipinski definition) is 3. The highest BCUT2D eigenvalue weighted by Gasteiger charge is 2.35. The van der Waals surface area contributed by atoms with Gasteiger partial charge in [-0.25, -0.2) is 4.39 Å². The maximum atomic E-state index is 13.6. The van der Waals surface area contributed by atoms with E-state index in [2.05, 4.69) is 10.6 Å². The second-order valence-electron chi connectivity index (χ2n) is 6.37. The van der Waals surface area contributed by atoms with Crippen molar-refractivity contribution in [3.63, 3.8) is 0 Å². The molecular formula is C20H20FN3O2. The van der Waals surface area contributed by atoms with Gasteiger partial charge in [-0.2, -0.15) is 5.26 Å². The second kappa shape index (κ2) is 8.26. The Morgan fingerprint density at radius 3 is 2.54 bits per heavy atom. The summed E-state index contributed by atoms with van der Waals surface area (Å²) in [5, 5.41) is 14.2. The highest BCUT2D eigenvalue weighted by molar-refractivity contribution is 6.09. The van der Waals surface area contributed by atoms with E-state index in [1.807, 2.05) is 6.07 Å². The van der Waals surface area contributed by atoms with E-state index < -0.39 is 17.2 Å². The van der Waals surface area contributed by atoms with Crippen LogP contribution in [-0.2, 0) is 16.0 Å². The molecule has 2 amide bonds. The van der Waals surface area contributed by atoms with Crippen LogP contribution < -0.4 is 10.6 Å². The lowest BCUT2D eigenvalue weighted by molar-refractivity contribution is -0.138. The Kier molecular flexibility index (Phi) is 6.07. The molecule has 26 heavy (non-hydrogen) atoms. The molecule has 0 atom stereocenters. The van der Waals surface area contributed by atoms with Crippen LogP contribution in [0.2, 0.25) is 0 Å². The largest absolute Gasteiger partial charge is 0.355 e. The molecule has 0 spiro atoms. The molecule has 2 aromatic carbocycles. The number of amides is 2. The topological polar surface area (TPSA) is 82.0 Å². The number of benzene rings is 2. The zero-order chi connectivity index (χ0) is 19.2. The van der Waals surface area contributed by atoms with Gasteiger partial charge in [0.1, 0.15) is 11.2 Å². The van der Waals surface area contributed by atoms with Crippen molar-refractivity contribution in [2.24, 2.45) is 5.41 Å². The normalized spacial score (nSPS) is 10.7. The fraction of sp³-hybridized carbons (Fsp3) is 0.250. The number of anilines is 1. The molecule has 5 nitrogen and oxygen atoms in total. The van der Waals surface area contributed by atoms with Crippen molar-refractivity contribution in [1.29, 1.82) is 5.26 Å². The molecule has 0 radical (unpaired) electrons. The van der Waals surface area contributed by atoms with Crippen LogP contribution in [0.5, 0.6) is 0 Å². The standard InChI is InChI=1S/C20H20FN3O2/c1-20(2,19(26)24-16-8-5-6-14(12-16)13-22)18(25)23-11-10-15-7-3-4-9-17(15)21/h3-9,12H,10-11H2,1-2H3,(H,23,25)(H,24,26). The number of carbonyl (C=O) groups excluding carboxylic acids is 2. The first-order valence-corrected chi connectivity index (χ1v) is 8.18. The summed E-state index contributed by atoms with van der Waals surface area (Å²) in [6.07, 6.45) is 0.334. The fourth-order valence-electron chi connectivity index (χ4n) is 2.29. The average Bonchev–Trinajstić information content (AvgIpc) is 2.63. The third kappa shape index (κ3) is 4.67. The maximum absolute atomic E-state index is 13.6. The number of carbonyl (C=O) groups is 2. The number of halogens is 1. The molecule has 134 valence electrons. The minimum atomic E-state index is -1.32. The summed E-state index contributed by atoms with van der Waals surface area (Å²) in [5.74, 6) is -1.27. The van der Waals surface area contributed by atoms with Gasteiger partial charge in [0, 0.05) is 12.2 Å². The molecular weight excluding hydrogens is 333 g/mol. The van der Waals surface area contributed by atoms with E-state index in [1.54, 1.807) is 36.4 Å². The smallest absolute Gasteiger partial charge is 0.239 e. The predicted octanol–water partition coefficient (Wildman–Crippen LogP) is 3.02. The summed E-state index contributed by atoms with van der Waals surface area (Å²) >= 11 is 0. The number of nitriles is 1. The van der Waals surface area contributed by atoms with E-state index in [4.69, 9.17) is 5.26 Å². The molecule has 0 saturated heterocycles. The van der Waals surface area contributed by atoms with Crippen LogP contribution in [0.4, 0.5) is 10.1 Å². The van der Waals surface area contributed by atoms with E-state index in [1.165, 1.54) is 26.0 Å². The van der Waals surface area contributed by atoms with Gasteiger partial charge in [0.2, 0.25) is 11.8 Å². The first kappa shape index (κ1) is 19.1. The first-order chi connectivity index (χ1) is 12.3. The van der Waals surface area contributed by atoms with Crippen LogP contribution in [0.15, 0.2) is 48.5 Å². The van der Waals surface area contributed by atoms with E-state index in [-0.39, 0.29) is 12.4 Å². The van der Waals surface area contributed by atoms with Crippen molar-refractivity contribution >= 4 is 17.5 Å². The van der Waals surface area contributed by atoms with Crippen LogP contribution in [0.3, 0.4) is 0 Å². The molecule has 2 rings (SSSR count). The van der Waals surface area contributed by atoms with Crippen LogP contribution in [-0.4, -0.2) is 18.4 Å². The van der Waals surface area contributed by atoms with E-state index in [0.717, 1.165) is 0 Å². The van der Waals surface area contributed by atoms with Crippen molar-refractivity contribution < 1.29 is 14.0 Å². The van der Waals surface area contributed by atoms with E-state index >= 15 is 0 Å². The third-order valence-electron chi connectivity index (χ3n) is 4.02. The summed E-state index contributed by atoms with van der Waals surface area (Å²) in [6.45, 7) is 3.24. The summed E-state index contributed by atoms with van der Waals surface area (Å²) in [5.41, 5.74) is 0.0392. The Hall–Kier alpha value is -3.20. The van der Waals surface area contributed by atoms with Gasteiger partial charge in [-0.1, -0.05) is 24.3 Å². The molecule has 0 aliphatic carbocycles. The summed E-state index contributed by atoms with van der Waals surface area (Å²) in [6, 6.07) is 14.8. The van der Waals surface area contributed by atoms with Crippen molar-refractivity contribution in [2.75, 3.05) is 11.9 Å². The lowest BCUT2D eigenvalue weighted by Gasteiger charge is -2.22. The van der Waals surface area contributed by atoms with E-state index in [9.17, 15) is 14.0 Å². The molecule has 0 aliphatic rings. The fourth-order valence-corrected chi connectivity index (χ4v) is 2.29. The number of rotatable bonds is 6. The minimum Gasteiger partial charge on any atom is -0.355 e. The SMILES string of the molecule is CC(C)(C(=O)NCCc1ccccc1F)C(=O)Nc1cccc(C#N)c1. The number of hydrogen-bond donors (Lipinski definition) is 2. The van der Waals surface area contributed by atoms with Gasteiger partial charge in [-0.15, -0.1) is 0 Å². The Bertz CT molecular complexity index is 856. The monoisotopic (exact) mass is 353 g/mol. The molecule has 0 aromatic heterocycles. The Morgan fingerprint density at radius 2 is 1.85 bits per heavy atom. The highest BCUT2D eigenvalue weighted by Crippen LogP contribution is 2.20. The lowest BCUT2D eigenvalue weighted by atomic mass is 9.90. The Balaban J connectivity index is 1.94. The van der Waals surface area contributed by atoms with Crippen molar-refractivity contribution in [2.45, 2.75) is 20.3 Å². The summed E-state index contributed by atoms with van der Waals surface area (Å²) in [4.78, 5) is 24.8. The second-order valence-corrected chi connectivity index (χ2v) is 6.37. The zero-order valence-corrected chi connectivity index (χ0v) is 14.7. The third-order valence-corrected chi connectivity index (χ3v) is 4.02. The van der Waals surface area contributed by atoms with Crippen LogP contribution in [0.25, 0.3) is 0 Å². The molecule has 0 heterocycles. The van der Waals surface area contributed by atoms with E-state index in [0.29, 0.717) is 23.2 Å². The molecule has 0 aliphatic heterocycles. The van der Waals surface area contributed by atoms with Gasteiger partial charge in [-0.05, 0) is 50.1 Å². The molecule has 0 saturated carbocycles. The molecule has 0 unspecified atom stereocenters. The molecule has 2 aromatic rings. The molecule has 6 heteroatoms. The summed E-state index contributed by atoms with van der Waals surface area (Å²) < 4.78 is 13.6. The quantitative estimate of drug-likeness (QED) is 0.783. The van der Waals surface area contributed by atoms with Gasteiger partial charge in [0.05, 0.1) is 11.6 Å². The van der Waals surface area contributed by atoms with Gasteiger partial charge in [-0.3, -0.25) is 9.59 Å². The van der Waals surface area contributed by atoms with Crippen LogP contribution in [0, 0.1) is 22.6 Å². The minimum absolute atomic E-state index is 0.223. The maximum Gasteiger partial charge on any atom is 0.239 e. The predicted molar refractivity (Wildman–Crippen MR) is 96.7 cm³/mol. The van der Waals surface area contributed by atoms with Gasteiger partial charge >= 0.3 is 0 Å².